The minimum atomic E-state index is -0.407. The third kappa shape index (κ3) is 3.40. The number of rotatable bonds is 4. The highest BCUT2D eigenvalue weighted by Gasteiger charge is 2.41. The molecule has 2 rings (SSSR count). The molecule has 4 nitrogen and oxygen atoms in total. The van der Waals surface area contributed by atoms with Gasteiger partial charge in [0, 0.05) is 18.4 Å². The molecule has 20 heavy (non-hydrogen) atoms. The second-order valence-electron chi connectivity index (χ2n) is 4.94. The van der Waals surface area contributed by atoms with E-state index in [2.05, 4.69) is 15.9 Å². The summed E-state index contributed by atoms with van der Waals surface area (Å²) in [5.74, 6) is -0.162. The molecule has 1 fully saturated rings. The van der Waals surface area contributed by atoms with E-state index in [4.69, 9.17) is 14.2 Å². The maximum absolute atomic E-state index is 12.2. The topological polar surface area (TPSA) is 44.8 Å². The number of hydrogen-bond acceptors (Lipinski definition) is 4. The van der Waals surface area contributed by atoms with Crippen molar-refractivity contribution in [3.8, 4) is 0 Å². The Balaban J connectivity index is 2.12. The number of carbonyl (C=O) groups excluding carboxylic acids is 1. The lowest BCUT2D eigenvalue weighted by Crippen LogP contribution is -2.52. The van der Waals surface area contributed by atoms with Crippen molar-refractivity contribution in [1.29, 1.82) is 0 Å². The van der Waals surface area contributed by atoms with Crippen LogP contribution in [0.25, 0.3) is 0 Å². The number of ether oxygens (including phenoxy) is 3. The zero-order valence-corrected chi connectivity index (χ0v) is 13.2. The Labute approximate surface area is 127 Å². The van der Waals surface area contributed by atoms with Crippen molar-refractivity contribution in [1.82, 2.24) is 0 Å². The molecule has 1 saturated heterocycles. The van der Waals surface area contributed by atoms with Crippen molar-refractivity contribution in [2.75, 3.05) is 19.0 Å². The summed E-state index contributed by atoms with van der Waals surface area (Å²) in [4.78, 5) is 12.2. The van der Waals surface area contributed by atoms with E-state index in [0.29, 0.717) is 17.5 Å². The summed E-state index contributed by atoms with van der Waals surface area (Å²) < 4.78 is 16.9. The summed E-state index contributed by atoms with van der Waals surface area (Å²) in [7, 11) is 1.64. The van der Waals surface area contributed by atoms with Crippen LogP contribution in [-0.2, 0) is 14.2 Å². The first-order chi connectivity index (χ1) is 9.67. The van der Waals surface area contributed by atoms with Gasteiger partial charge in [0.25, 0.3) is 0 Å². The molecular formula is C15H19BrO4. The minimum absolute atomic E-state index is 0.154. The highest BCUT2D eigenvalue weighted by molar-refractivity contribution is 9.09. The lowest BCUT2D eigenvalue weighted by molar-refractivity contribution is -0.164. The van der Waals surface area contributed by atoms with Gasteiger partial charge in [0.1, 0.15) is 12.2 Å². The molecule has 110 valence electrons. The van der Waals surface area contributed by atoms with Crippen molar-refractivity contribution < 1.29 is 19.0 Å². The number of esters is 1. The van der Waals surface area contributed by atoms with Crippen LogP contribution in [0.5, 0.6) is 0 Å². The number of carbonyl (C=O) groups is 1. The SMILES string of the molecule is CO[C@H]1[C@@H](OC(=O)c2ccccc2)[C@H](CBr)OC[C@@H]1C. The molecule has 1 aromatic carbocycles. The van der Waals surface area contributed by atoms with Crippen LogP contribution in [0.2, 0.25) is 0 Å². The van der Waals surface area contributed by atoms with Gasteiger partial charge in [0.15, 0.2) is 6.10 Å². The molecule has 0 bridgehead atoms. The fraction of sp³-hybridized carbons (Fsp3) is 0.533. The lowest BCUT2D eigenvalue weighted by Gasteiger charge is -2.39. The molecule has 0 N–H and O–H groups in total. The lowest BCUT2D eigenvalue weighted by atomic mass is 9.94. The van der Waals surface area contributed by atoms with E-state index in [1.165, 1.54) is 0 Å². The molecule has 5 heteroatoms. The van der Waals surface area contributed by atoms with Crippen molar-refractivity contribution >= 4 is 21.9 Å². The van der Waals surface area contributed by atoms with Gasteiger partial charge in [-0.05, 0) is 12.1 Å². The van der Waals surface area contributed by atoms with E-state index in [1.54, 1.807) is 19.2 Å². The first-order valence-electron chi connectivity index (χ1n) is 6.63. The predicted octanol–water partition coefficient (Wildman–Crippen LogP) is 2.66. The third-order valence-corrected chi connectivity index (χ3v) is 4.14. The second kappa shape index (κ2) is 7.20. The molecule has 0 aliphatic carbocycles. The van der Waals surface area contributed by atoms with Gasteiger partial charge in [-0.2, -0.15) is 0 Å². The van der Waals surface area contributed by atoms with Crippen LogP contribution in [0.1, 0.15) is 17.3 Å². The zero-order chi connectivity index (χ0) is 14.5. The van der Waals surface area contributed by atoms with Gasteiger partial charge >= 0.3 is 5.97 Å². The van der Waals surface area contributed by atoms with E-state index in [0.717, 1.165) is 0 Å². The Morgan fingerprint density at radius 3 is 2.65 bits per heavy atom. The maximum Gasteiger partial charge on any atom is 0.338 e. The Bertz CT molecular complexity index is 437. The number of halogens is 1. The van der Waals surface area contributed by atoms with E-state index in [1.807, 2.05) is 25.1 Å². The summed E-state index contributed by atoms with van der Waals surface area (Å²) in [6.45, 7) is 2.64. The van der Waals surface area contributed by atoms with E-state index >= 15 is 0 Å². The van der Waals surface area contributed by atoms with Crippen LogP contribution in [0.3, 0.4) is 0 Å². The highest BCUT2D eigenvalue weighted by atomic mass is 79.9. The number of hydrogen-bond donors (Lipinski definition) is 0. The van der Waals surface area contributed by atoms with Crippen LogP contribution < -0.4 is 0 Å². The van der Waals surface area contributed by atoms with Crippen molar-refractivity contribution in [2.45, 2.75) is 25.2 Å². The molecule has 4 atom stereocenters. The van der Waals surface area contributed by atoms with Crippen LogP contribution in [-0.4, -0.2) is 43.3 Å². The fourth-order valence-corrected chi connectivity index (χ4v) is 2.96. The van der Waals surface area contributed by atoms with Crippen LogP contribution in [0.4, 0.5) is 0 Å². The standard InChI is InChI=1S/C15H19BrO4/c1-10-9-19-12(8-16)14(13(10)18-2)20-15(17)11-6-4-3-5-7-11/h3-7,10,12-14H,8-9H2,1-2H3/t10-,12-,13+,14-/m0/s1. The smallest absolute Gasteiger partial charge is 0.338 e. The van der Waals surface area contributed by atoms with Gasteiger partial charge in [0.2, 0.25) is 0 Å². The molecule has 0 aromatic heterocycles. The molecule has 1 aliphatic heterocycles. The first kappa shape index (κ1) is 15.5. The average molecular weight is 343 g/mol. The zero-order valence-electron chi connectivity index (χ0n) is 11.6. The number of methoxy groups -OCH3 is 1. The summed E-state index contributed by atoms with van der Waals surface area (Å²) in [6, 6.07) is 8.96. The average Bonchev–Trinajstić information content (AvgIpc) is 2.48. The molecule has 0 spiro atoms. The van der Waals surface area contributed by atoms with Gasteiger partial charge in [-0.15, -0.1) is 0 Å². The summed E-state index contributed by atoms with van der Waals surface area (Å²) >= 11 is 3.40. The monoisotopic (exact) mass is 342 g/mol. The normalized spacial score (nSPS) is 29.9. The van der Waals surface area contributed by atoms with Gasteiger partial charge in [0.05, 0.1) is 12.2 Å². The van der Waals surface area contributed by atoms with Crippen LogP contribution >= 0.6 is 15.9 Å². The minimum Gasteiger partial charge on any atom is -0.453 e. The number of alkyl halides is 1. The first-order valence-corrected chi connectivity index (χ1v) is 7.76. The van der Waals surface area contributed by atoms with Gasteiger partial charge in [-0.1, -0.05) is 41.1 Å². The van der Waals surface area contributed by atoms with Crippen LogP contribution in [0, 0.1) is 5.92 Å². The quantitative estimate of drug-likeness (QED) is 0.623. The molecule has 0 radical (unpaired) electrons. The van der Waals surface area contributed by atoms with Crippen molar-refractivity contribution in [3.05, 3.63) is 35.9 Å². The van der Waals surface area contributed by atoms with Crippen molar-refractivity contribution in [2.24, 2.45) is 5.92 Å². The van der Waals surface area contributed by atoms with Gasteiger partial charge in [-0.3, -0.25) is 0 Å². The third-order valence-electron chi connectivity index (χ3n) is 3.50. The second-order valence-corrected chi connectivity index (χ2v) is 5.59. The summed E-state index contributed by atoms with van der Waals surface area (Å²) in [5, 5.41) is 0.603. The molecule has 1 heterocycles. The van der Waals surface area contributed by atoms with Gasteiger partial charge in [-0.25, -0.2) is 4.79 Å². The fourth-order valence-electron chi connectivity index (χ4n) is 2.41. The maximum atomic E-state index is 12.2. The molecule has 0 saturated carbocycles. The van der Waals surface area contributed by atoms with Crippen LogP contribution in [0.15, 0.2) is 30.3 Å². The molecular weight excluding hydrogens is 324 g/mol. The molecule has 0 unspecified atom stereocenters. The van der Waals surface area contributed by atoms with E-state index in [9.17, 15) is 4.79 Å². The summed E-state index contributed by atoms with van der Waals surface area (Å²) in [5.41, 5.74) is 0.536. The van der Waals surface area contributed by atoms with E-state index in [-0.39, 0.29) is 24.1 Å². The number of benzene rings is 1. The predicted molar refractivity (Wildman–Crippen MR) is 79.1 cm³/mol. The Morgan fingerprint density at radius 1 is 1.35 bits per heavy atom. The summed E-state index contributed by atoms with van der Waals surface area (Å²) in [6.07, 6.45) is -0.751. The van der Waals surface area contributed by atoms with Crippen molar-refractivity contribution in [3.63, 3.8) is 0 Å². The Hall–Kier alpha value is -0.910. The van der Waals surface area contributed by atoms with E-state index < -0.39 is 6.10 Å². The highest BCUT2D eigenvalue weighted by Crippen LogP contribution is 2.26. The Morgan fingerprint density at radius 2 is 2.05 bits per heavy atom. The molecule has 0 amide bonds. The Kier molecular flexibility index (Phi) is 5.57. The van der Waals surface area contributed by atoms with Gasteiger partial charge < -0.3 is 14.2 Å². The largest absolute Gasteiger partial charge is 0.453 e. The molecule has 1 aromatic rings. The molecule has 1 aliphatic rings.